The number of rotatable bonds is 2. The number of aryl methyl sites for hydroxylation is 1. The predicted octanol–water partition coefficient (Wildman–Crippen LogP) is 3.12. The molecule has 0 atom stereocenters. The van der Waals surface area contributed by atoms with Crippen molar-refractivity contribution >= 4 is 21.7 Å². The van der Waals surface area contributed by atoms with E-state index in [-0.39, 0.29) is 5.82 Å². The molecule has 2 rings (SSSR count). The Kier molecular flexibility index (Phi) is 2.96. The summed E-state index contributed by atoms with van der Waals surface area (Å²) in [6.07, 6.45) is 2.27. The first kappa shape index (κ1) is 11.1. The maximum Gasteiger partial charge on any atom is 0.140 e. The van der Waals surface area contributed by atoms with Gasteiger partial charge in [0.25, 0.3) is 0 Å². The van der Waals surface area contributed by atoms with E-state index >= 15 is 0 Å². The van der Waals surface area contributed by atoms with Crippen LogP contribution in [0.1, 0.15) is 12.5 Å². The second-order valence-corrected chi connectivity index (χ2v) is 4.34. The Labute approximate surface area is 101 Å². The van der Waals surface area contributed by atoms with Crippen LogP contribution >= 0.6 is 15.9 Å². The number of nitrogens with two attached hydrogens (primary N) is 1. The highest BCUT2D eigenvalue weighted by molar-refractivity contribution is 9.10. The fraction of sp³-hybridized carbons (Fsp3) is 0.182. The van der Waals surface area contributed by atoms with Crippen molar-refractivity contribution in [1.29, 1.82) is 0 Å². The van der Waals surface area contributed by atoms with E-state index < -0.39 is 0 Å². The summed E-state index contributed by atoms with van der Waals surface area (Å²) in [5, 5.41) is 6.50. The SMILES string of the molecule is CCc1cc(-c2cn[nH]c2N)cc(Br)c1F. The molecule has 3 nitrogen and oxygen atoms in total. The van der Waals surface area contributed by atoms with Crippen LogP contribution in [0.4, 0.5) is 10.2 Å². The van der Waals surface area contributed by atoms with Gasteiger partial charge >= 0.3 is 0 Å². The molecule has 3 N–H and O–H groups in total. The van der Waals surface area contributed by atoms with E-state index in [1.54, 1.807) is 18.3 Å². The summed E-state index contributed by atoms with van der Waals surface area (Å²) in [5.74, 6) is 0.272. The highest BCUT2D eigenvalue weighted by Crippen LogP contribution is 2.30. The molecule has 16 heavy (non-hydrogen) atoms. The summed E-state index contributed by atoms with van der Waals surface area (Å²) < 4.78 is 14.1. The number of H-pyrrole nitrogens is 1. The largest absolute Gasteiger partial charge is 0.384 e. The van der Waals surface area contributed by atoms with Gasteiger partial charge in [-0.2, -0.15) is 5.10 Å². The molecule has 0 unspecified atom stereocenters. The lowest BCUT2D eigenvalue weighted by Crippen LogP contribution is -1.93. The number of hydrogen-bond donors (Lipinski definition) is 2. The molecule has 2 aromatic rings. The average molecular weight is 284 g/mol. The molecule has 0 bridgehead atoms. The highest BCUT2D eigenvalue weighted by Gasteiger charge is 2.11. The zero-order valence-corrected chi connectivity index (χ0v) is 10.3. The molecule has 0 amide bonds. The monoisotopic (exact) mass is 283 g/mol. The number of benzene rings is 1. The molecular weight excluding hydrogens is 273 g/mol. The van der Waals surface area contributed by atoms with Crippen molar-refractivity contribution in [3.8, 4) is 11.1 Å². The van der Waals surface area contributed by atoms with E-state index in [2.05, 4.69) is 26.1 Å². The lowest BCUT2D eigenvalue weighted by Gasteiger charge is -2.06. The second kappa shape index (κ2) is 4.25. The Hall–Kier alpha value is -1.36. The van der Waals surface area contributed by atoms with Gasteiger partial charge in [-0.3, -0.25) is 5.10 Å². The number of nitrogens with zero attached hydrogens (tertiary/aromatic N) is 1. The summed E-state index contributed by atoms with van der Waals surface area (Å²) in [6, 6.07) is 3.50. The smallest absolute Gasteiger partial charge is 0.140 e. The lowest BCUT2D eigenvalue weighted by atomic mass is 10.0. The first-order valence-corrected chi connectivity index (χ1v) is 5.70. The normalized spacial score (nSPS) is 10.7. The lowest BCUT2D eigenvalue weighted by molar-refractivity contribution is 0.606. The number of aromatic nitrogens is 2. The minimum Gasteiger partial charge on any atom is -0.384 e. The minimum atomic E-state index is -0.215. The molecular formula is C11H11BrFN3. The molecule has 0 aliphatic carbocycles. The van der Waals surface area contributed by atoms with Crippen molar-refractivity contribution in [2.75, 3.05) is 5.73 Å². The Bertz CT molecular complexity index is 522. The van der Waals surface area contributed by atoms with Gasteiger partial charge in [0.05, 0.1) is 10.7 Å². The summed E-state index contributed by atoms with van der Waals surface area (Å²) >= 11 is 3.20. The molecule has 0 aliphatic rings. The molecule has 1 aromatic heterocycles. The van der Waals surface area contributed by atoms with Crippen LogP contribution in [0.3, 0.4) is 0 Å². The molecule has 5 heteroatoms. The van der Waals surface area contributed by atoms with Gasteiger partial charge in [-0.05, 0) is 45.6 Å². The molecule has 0 spiro atoms. The molecule has 0 saturated carbocycles. The van der Waals surface area contributed by atoms with Gasteiger partial charge < -0.3 is 5.73 Å². The molecule has 0 aliphatic heterocycles. The van der Waals surface area contributed by atoms with Gasteiger partial charge in [-0.1, -0.05) is 6.92 Å². The van der Waals surface area contributed by atoms with Crippen LogP contribution in [0, 0.1) is 5.82 Å². The Morgan fingerprint density at radius 2 is 2.25 bits per heavy atom. The molecule has 0 fully saturated rings. The third kappa shape index (κ3) is 1.82. The number of nitrogen functional groups attached to an aromatic ring is 1. The van der Waals surface area contributed by atoms with Crippen molar-refractivity contribution in [2.45, 2.75) is 13.3 Å². The predicted molar refractivity (Wildman–Crippen MR) is 65.5 cm³/mol. The summed E-state index contributed by atoms with van der Waals surface area (Å²) in [4.78, 5) is 0. The van der Waals surface area contributed by atoms with Gasteiger partial charge in [-0.25, -0.2) is 4.39 Å². The number of hydrogen-bond acceptors (Lipinski definition) is 2. The van der Waals surface area contributed by atoms with Crippen molar-refractivity contribution in [2.24, 2.45) is 0 Å². The van der Waals surface area contributed by atoms with Crippen LogP contribution in [0.5, 0.6) is 0 Å². The third-order valence-electron chi connectivity index (χ3n) is 2.46. The van der Waals surface area contributed by atoms with Crippen molar-refractivity contribution in [3.05, 3.63) is 34.2 Å². The standard InChI is InChI=1S/C11H11BrFN3/c1-2-6-3-7(4-9(12)10(6)13)8-5-15-16-11(8)14/h3-5H,2H2,1H3,(H3,14,15,16). The van der Waals surface area contributed by atoms with E-state index in [4.69, 9.17) is 5.73 Å². The number of halogens is 2. The van der Waals surface area contributed by atoms with E-state index in [0.29, 0.717) is 22.3 Å². The first-order valence-electron chi connectivity index (χ1n) is 4.90. The van der Waals surface area contributed by atoms with Crippen LogP contribution in [0.25, 0.3) is 11.1 Å². The van der Waals surface area contributed by atoms with Crippen LogP contribution < -0.4 is 5.73 Å². The van der Waals surface area contributed by atoms with Gasteiger partial charge in [-0.15, -0.1) is 0 Å². The Morgan fingerprint density at radius 3 is 2.81 bits per heavy atom. The number of nitrogens with one attached hydrogen (secondary N) is 1. The van der Waals surface area contributed by atoms with Crippen molar-refractivity contribution in [1.82, 2.24) is 10.2 Å². The summed E-state index contributed by atoms with van der Waals surface area (Å²) in [6.45, 7) is 1.91. The zero-order valence-electron chi connectivity index (χ0n) is 8.72. The highest BCUT2D eigenvalue weighted by atomic mass is 79.9. The van der Waals surface area contributed by atoms with Crippen molar-refractivity contribution < 1.29 is 4.39 Å². The van der Waals surface area contributed by atoms with Crippen LogP contribution in [-0.4, -0.2) is 10.2 Å². The van der Waals surface area contributed by atoms with Gasteiger partial charge in [0.1, 0.15) is 11.6 Å². The molecule has 1 heterocycles. The second-order valence-electron chi connectivity index (χ2n) is 3.48. The molecule has 0 saturated heterocycles. The molecule has 1 aromatic carbocycles. The van der Waals surface area contributed by atoms with Crippen LogP contribution in [-0.2, 0) is 6.42 Å². The number of anilines is 1. The Balaban J connectivity index is 2.59. The molecule has 0 radical (unpaired) electrons. The summed E-state index contributed by atoms with van der Waals surface area (Å²) in [5.41, 5.74) is 8.03. The number of aromatic amines is 1. The topological polar surface area (TPSA) is 54.7 Å². The zero-order chi connectivity index (χ0) is 11.7. The van der Waals surface area contributed by atoms with E-state index in [0.717, 1.165) is 11.1 Å². The van der Waals surface area contributed by atoms with E-state index in [1.165, 1.54) is 0 Å². The first-order chi connectivity index (χ1) is 7.63. The average Bonchev–Trinajstić information content (AvgIpc) is 2.68. The van der Waals surface area contributed by atoms with E-state index in [1.807, 2.05) is 6.92 Å². The third-order valence-corrected chi connectivity index (χ3v) is 3.04. The van der Waals surface area contributed by atoms with Crippen molar-refractivity contribution in [3.63, 3.8) is 0 Å². The van der Waals surface area contributed by atoms with Gasteiger partial charge in [0.15, 0.2) is 0 Å². The minimum absolute atomic E-state index is 0.215. The maximum atomic E-state index is 13.6. The maximum absolute atomic E-state index is 13.6. The van der Waals surface area contributed by atoms with Crippen LogP contribution in [0.15, 0.2) is 22.8 Å². The molecule has 84 valence electrons. The summed E-state index contributed by atoms with van der Waals surface area (Å²) in [7, 11) is 0. The Morgan fingerprint density at radius 1 is 1.50 bits per heavy atom. The quantitative estimate of drug-likeness (QED) is 0.890. The van der Waals surface area contributed by atoms with Crippen LogP contribution in [0.2, 0.25) is 0 Å². The van der Waals surface area contributed by atoms with E-state index in [9.17, 15) is 4.39 Å². The van der Waals surface area contributed by atoms with Gasteiger partial charge in [0.2, 0.25) is 0 Å². The fourth-order valence-corrected chi connectivity index (χ4v) is 2.09. The van der Waals surface area contributed by atoms with Gasteiger partial charge in [0, 0.05) is 5.56 Å². The fourth-order valence-electron chi connectivity index (χ4n) is 1.58.